The van der Waals surface area contributed by atoms with Gasteiger partial charge in [0.25, 0.3) is 0 Å². The molecule has 2 aromatic heterocycles. The van der Waals surface area contributed by atoms with Crippen LogP contribution < -0.4 is 10.2 Å². The second kappa shape index (κ2) is 12.6. The van der Waals surface area contributed by atoms with E-state index >= 15 is 0 Å². The lowest BCUT2D eigenvalue weighted by Gasteiger charge is -2.31. The van der Waals surface area contributed by atoms with E-state index in [0.29, 0.717) is 24.5 Å². The van der Waals surface area contributed by atoms with Crippen LogP contribution in [0.1, 0.15) is 58.2 Å². The molecule has 0 atom stereocenters. The topological polar surface area (TPSA) is 95.7 Å². The van der Waals surface area contributed by atoms with Crippen LogP contribution in [0.5, 0.6) is 5.88 Å². The summed E-state index contributed by atoms with van der Waals surface area (Å²) in [5, 5.41) is 8.21. The standard InChI is InChI=1S/C29H36N3O5P/c1-28(2,3)36-38(33,37-29(4,5)6)35-22-32-20-24(17-18-26(32)30)11-9-10-23-13-15-25(16-14-23)21-34-27-12-7-8-19-31-27/h7-8,12-20,30H,10,21-22H2,1-6H3. The fourth-order valence-corrected chi connectivity index (χ4v) is 4.94. The van der Waals surface area contributed by atoms with Gasteiger partial charge in [-0.05, 0) is 70.9 Å². The van der Waals surface area contributed by atoms with E-state index in [2.05, 4.69) is 16.8 Å². The molecule has 0 saturated carbocycles. The van der Waals surface area contributed by atoms with Crippen LogP contribution in [0.25, 0.3) is 0 Å². The van der Waals surface area contributed by atoms with Crippen LogP contribution in [0.3, 0.4) is 0 Å². The van der Waals surface area contributed by atoms with Crippen molar-refractivity contribution in [1.82, 2.24) is 9.55 Å². The molecule has 0 spiro atoms. The Kier molecular flexibility index (Phi) is 9.70. The fraction of sp³-hybridized carbons (Fsp3) is 0.379. The number of benzene rings is 1. The lowest BCUT2D eigenvalue weighted by atomic mass is 10.1. The van der Waals surface area contributed by atoms with Gasteiger partial charge in [0.15, 0.2) is 0 Å². The van der Waals surface area contributed by atoms with Crippen LogP contribution in [-0.4, -0.2) is 20.8 Å². The van der Waals surface area contributed by atoms with Gasteiger partial charge in [0.1, 0.15) is 18.8 Å². The van der Waals surface area contributed by atoms with Gasteiger partial charge in [-0.3, -0.25) is 19.0 Å². The van der Waals surface area contributed by atoms with Gasteiger partial charge in [0, 0.05) is 30.4 Å². The SMILES string of the molecule is CC(C)(C)OP(=O)(OCn1cc(C#CCc2ccc(COc3ccccn3)cc2)ccc1=N)OC(C)(C)C. The Hall–Kier alpha value is -3.21. The van der Waals surface area contributed by atoms with Crippen LogP contribution in [0.2, 0.25) is 0 Å². The van der Waals surface area contributed by atoms with Gasteiger partial charge in [-0.15, -0.1) is 0 Å². The summed E-state index contributed by atoms with van der Waals surface area (Å²) in [5.41, 5.74) is 1.51. The average Bonchev–Trinajstić information content (AvgIpc) is 2.82. The van der Waals surface area contributed by atoms with Crippen LogP contribution >= 0.6 is 7.82 Å². The van der Waals surface area contributed by atoms with E-state index in [1.54, 1.807) is 66.1 Å². The quantitative estimate of drug-likeness (QED) is 0.256. The smallest absolute Gasteiger partial charge is 0.473 e. The summed E-state index contributed by atoms with van der Waals surface area (Å²) in [6, 6.07) is 17.0. The Balaban J connectivity index is 1.62. The molecule has 3 rings (SSSR count). The summed E-state index contributed by atoms with van der Waals surface area (Å²) >= 11 is 0. The molecule has 1 N–H and O–H groups in total. The van der Waals surface area contributed by atoms with E-state index in [0.717, 1.165) is 11.1 Å². The van der Waals surface area contributed by atoms with Crippen molar-refractivity contribution >= 4 is 7.82 Å². The molecule has 0 saturated heterocycles. The Morgan fingerprint density at radius 3 is 2.18 bits per heavy atom. The predicted molar refractivity (Wildman–Crippen MR) is 146 cm³/mol. The number of rotatable bonds is 9. The zero-order chi connectivity index (χ0) is 27.8. The van der Waals surface area contributed by atoms with E-state index in [-0.39, 0.29) is 12.2 Å². The molecule has 0 aliphatic rings. The number of ether oxygens (including phenoxy) is 1. The maximum atomic E-state index is 13.3. The van der Waals surface area contributed by atoms with Gasteiger partial charge in [-0.1, -0.05) is 42.2 Å². The highest BCUT2D eigenvalue weighted by molar-refractivity contribution is 7.48. The molecule has 0 fully saturated rings. The van der Waals surface area contributed by atoms with Gasteiger partial charge in [0.2, 0.25) is 5.88 Å². The minimum absolute atomic E-state index is 0.178. The maximum Gasteiger partial charge on any atom is 0.477 e. The minimum atomic E-state index is -3.90. The first-order valence-electron chi connectivity index (χ1n) is 12.3. The normalized spacial score (nSPS) is 12.1. The minimum Gasteiger partial charge on any atom is -0.473 e. The van der Waals surface area contributed by atoms with Gasteiger partial charge in [-0.25, -0.2) is 9.55 Å². The first-order chi connectivity index (χ1) is 17.8. The lowest BCUT2D eigenvalue weighted by molar-refractivity contribution is -0.00664. The molecule has 3 aromatic rings. The van der Waals surface area contributed by atoms with Crippen molar-refractivity contribution in [2.75, 3.05) is 0 Å². The summed E-state index contributed by atoms with van der Waals surface area (Å²) in [7, 11) is -3.90. The van der Waals surface area contributed by atoms with Crippen molar-refractivity contribution in [3.05, 3.63) is 89.2 Å². The van der Waals surface area contributed by atoms with Crippen molar-refractivity contribution in [2.24, 2.45) is 0 Å². The molecule has 2 heterocycles. The van der Waals surface area contributed by atoms with Crippen molar-refractivity contribution < 1.29 is 22.9 Å². The number of pyridine rings is 2. The Morgan fingerprint density at radius 1 is 0.921 bits per heavy atom. The summed E-state index contributed by atoms with van der Waals surface area (Å²) in [5.74, 6) is 6.88. The van der Waals surface area contributed by atoms with E-state index < -0.39 is 19.0 Å². The second-order valence-corrected chi connectivity index (χ2v) is 12.2. The molecule has 0 radical (unpaired) electrons. The number of phosphoric ester groups is 1. The molecule has 38 heavy (non-hydrogen) atoms. The third-order valence-electron chi connectivity index (χ3n) is 4.72. The Morgan fingerprint density at radius 2 is 1.58 bits per heavy atom. The van der Waals surface area contributed by atoms with E-state index in [1.165, 1.54) is 4.57 Å². The molecule has 0 aliphatic carbocycles. The van der Waals surface area contributed by atoms with Crippen LogP contribution in [0.4, 0.5) is 0 Å². The third-order valence-corrected chi connectivity index (χ3v) is 6.70. The molecule has 0 unspecified atom stereocenters. The second-order valence-electron chi connectivity index (χ2n) is 10.6. The molecule has 202 valence electrons. The highest BCUT2D eigenvalue weighted by atomic mass is 31.2. The first-order valence-corrected chi connectivity index (χ1v) is 13.8. The zero-order valence-electron chi connectivity index (χ0n) is 22.9. The summed E-state index contributed by atoms with van der Waals surface area (Å²) in [6.45, 7) is 10.9. The summed E-state index contributed by atoms with van der Waals surface area (Å²) in [4.78, 5) is 4.16. The number of nitrogens with zero attached hydrogens (tertiary/aromatic N) is 2. The molecule has 0 aliphatic heterocycles. The molecular weight excluding hydrogens is 501 g/mol. The number of aromatic nitrogens is 2. The predicted octanol–water partition coefficient (Wildman–Crippen LogP) is 6.25. The van der Waals surface area contributed by atoms with Crippen molar-refractivity contribution in [3.63, 3.8) is 0 Å². The third kappa shape index (κ3) is 10.3. The molecule has 8 nitrogen and oxygen atoms in total. The maximum absolute atomic E-state index is 13.3. The van der Waals surface area contributed by atoms with Crippen molar-refractivity contribution in [1.29, 1.82) is 5.41 Å². The molecule has 0 amide bonds. The van der Waals surface area contributed by atoms with E-state index in [4.69, 9.17) is 23.7 Å². The van der Waals surface area contributed by atoms with Crippen LogP contribution in [0, 0.1) is 17.3 Å². The van der Waals surface area contributed by atoms with Crippen LogP contribution in [0.15, 0.2) is 67.0 Å². The number of phosphoric acid groups is 1. The summed E-state index contributed by atoms with van der Waals surface area (Å²) in [6.07, 6.45) is 3.95. The lowest BCUT2D eigenvalue weighted by Crippen LogP contribution is -2.26. The van der Waals surface area contributed by atoms with Gasteiger partial charge < -0.3 is 9.30 Å². The number of hydrogen-bond donors (Lipinski definition) is 1. The van der Waals surface area contributed by atoms with Crippen molar-refractivity contribution in [2.45, 2.75) is 72.5 Å². The molecular formula is C29H36N3O5P. The monoisotopic (exact) mass is 537 g/mol. The Bertz CT molecular complexity index is 1340. The highest BCUT2D eigenvalue weighted by Crippen LogP contribution is 2.55. The highest BCUT2D eigenvalue weighted by Gasteiger charge is 2.37. The molecule has 1 aromatic carbocycles. The average molecular weight is 538 g/mol. The first kappa shape index (κ1) is 29.3. The number of hydrogen-bond acceptors (Lipinski definition) is 7. The Labute approximate surface area is 225 Å². The van der Waals surface area contributed by atoms with E-state index in [1.807, 2.05) is 42.5 Å². The van der Waals surface area contributed by atoms with E-state index in [9.17, 15) is 4.57 Å². The number of nitrogens with one attached hydrogen (secondary N) is 1. The van der Waals surface area contributed by atoms with Gasteiger partial charge in [0.05, 0.1) is 11.2 Å². The van der Waals surface area contributed by atoms with Gasteiger partial charge in [-0.2, -0.15) is 0 Å². The summed E-state index contributed by atoms with van der Waals surface area (Å²) < 4.78 is 37.4. The van der Waals surface area contributed by atoms with Gasteiger partial charge >= 0.3 is 7.82 Å². The fourth-order valence-electron chi connectivity index (χ4n) is 3.19. The molecule has 9 heteroatoms. The zero-order valence-corrected chi connectivity index (χ0v) is 23.7. The largest absolute Gasteiger partial charge is 0.477 e. The molecule has 0 bridgehead atoms. The van der Waals surface area contributed by atoms with Crippen molar-refractivity contribution in [3.8, 4) is 17.7 Å². The van der Waals surface area contributed by atoms with Crippen LogP contribution in [-0.2, 0) is 37.9 Å².